The van der Waals surface area contributed by atoms with E-state index in [-0.39, 0.29) is 0 Å². The summed E-state index contributed by atoms with van der Waals surface area (Å²) in [6.45, 7) is 3.84. The Labute approximate surface area is 103 Å². The fourth-order valence-electron chi connectivity index (χ4n) is 2.14. The van der Waals surface area contributed by atoms with Crippen LogP contribution >= 0.6 is 0 Å². The summed E-state index contributed by atoms with van der Waals surface area (Å²) in [6, 6.07) is 7.75. The molecule has 0 unspecified atom stereocenters. The van der Waals surface area contributed by atoms with E-state index in [9.17, 15) is 0 Å². The van der Waals surface area contributed by atoms with Gasteiger partial charge in [-0.3, -0.25) is 0 Å². The predicted molar refractivity (Wildman–Crippen MR) is 68.7 cm³/mol. The van der Waals surface area contributed by atoms with Crippen molar-refractivity contribution in [2.24, 2.45) is 0 Å². The molecule has 1 aromatic rings. The minimum Gasteiger partial charge on any atom is -0.493 e. The van der Waals surface area contributed by atoms with Gasteiger partial charge < -0.3 is 14.8 Å². The SMILES string of the molecule is COc1ccccc1OCCNC1(C)CCC1. The van der Waals surface area contributed by atoms with Gasteiger partial charge in [-0.15, -0.1) is 0 Å². The van der Waals surface area contributed by atoms with E-state index in [2.05, 4.69) is 12.2 Å². The smallest absolute Gasteiger partial charge is 0.161 e. The van der Waals surface area contributed by atoms with E-state index in [0.717, 1.165) is 18.0 Å². The molecule has 1 aliphatic carbocycles. The maximum Gasteiger partial charge on any atom is 0.161 e. The largest absolute Gasteiger partial charge is 0.493 e. The second-order valence-corrected chi connectivity index (χ2v) is 4.84. The maximum atomic E-state index is 5.70. The highest BCUT2D eigenvalue weighted by Crippen LogP contribution is 2.30. The van der Waals surface area contributed by atoms with Gasteiger partial charge in [0, 0.05) is 12.1 Å². The molecule has 0 saturated heterocycles. The van der Waals surface area contributed by atoms with Gasteiger partial charge in [-0.1, -0.05) is 12.1 Å². The molecule has 0 bridgehead atoms. The monoisotopic (exact) mass is 235 g/mol. The zero-order chi connectivity index (χ0) is 12.1. The Kier molecular flexibility index (Phi) is 3.89. The number of benzene rings is 1. The van der Waals surface area contributed by atoms with E-state index in [1.807, 2.05) is 24.3 Å². The molecule has 0 radical (unpaired) electrons. The van der Waals surface area contributed by atoms with Crippen LogP contribution in [0.1, 0.15) is 26.2 Å². The topological polar surface area (TPSA) is 30.5 Å². The van der Waals surface area contributed by atoms with Crippen LogP contribution in [0.3, 0.4) is 0 Å². The lowest BCUT2D eigenvalue weighted by atomic mass is 9.78. The Bertz CT molecular complexity index is 361. The molecule has 0 aliphatic heterocycles. The molecule has 1 N–H and O–H groups in total. The van der Waals surface area contributed by atoms with Gasteiger partial charge in [-0.2, -0.15) is 0 Å². The quantitative estimate of drug-likeness (QED) is 0.769. The van der Waals surface area contributed by atoms with E-state index in [1.165, 1.54) is 19.3 Å². The fraction of sp³-hybridized carbons (Fsp3) is 0.571. The highest BCUT2D eigenvalue weighted by Gasteiger charge is 2.30. The second kappa shape index (κ2) is 5.41. The third kappa shape index (κ3) is 3.13. The minimum atomic E-state index is 0.351. The van der Waals surface area contributed by atoms with Gasteiger partial charge in [-0.05, 0) is 38.3 Å². The zero-order valence-corrected chi connectivity index (χ0v) is 10.7. The van der Waals surface area contributed by atoms with Crippen LogP contribution < -0.4 is 14.8 Å². The number of methoxy groups -OCH3 is 1. The first-order chi connectivity index (χ1) is 8.23. The summed E-state index contributed by atoms with van der Waals surface area (Å²) in [7, 11) is 1.66. The van der Waals surface area contributed by atoms with Crippen LogP contribution in [0.4, 0.5) is 0 Å². The minimum absolute atomic E-state index is 0.351. The van der Waals surface area contributed by atoms with E-state index < -0.39 is 0 Å². The van der Waals surface area contributed by atoms with E-state index >= 15 is 0 Å². The van der Waals surface area contributed by atoms with Crippen molar-refractivity contribution in [3.05, 3.63) is 24.3 Å². The van der Waals surface area contributed by atoms with Gasteiger partial charge in [0.25, 0.3) is 0 Å². The number of ether oxygens (including phenoxy) is 2. The van der Waals surface area contributed by atoms with Crippen LogP contribution in [0.5, 0.6) is 11.5 Å². The second-order valence-electron chi connectivity index (χ2n) is 4.84. The Morgan fingerprint density at radius 3 is 2.53 bits per heavy atom. The zero-order valence-electron chi connectivity index (χ0n) is 10.7. The number of hydrogen-bond acceptors (Lipinski definition) is 3. The highest BCUT2D eigenvalue weighted by molar-refractivity contribution is 5.39. The van der Waals surface area contributed by atoms with Crippen molar-refractivity contribution in [2.45, 2.75) is 31.7 Å². The molecule has 1 aromatic carbocycles. The number of hydrogen-bond donors (Lipinski definition) is 1. The summed E-state index contributed by atoms with van der Waals surface area (Å²) in [5.74, 6) is 1.61. The van der Waals surface area contributed by atoms with Crippen molar-refractivity contribution in [3.63, 3.8) is 0 Å². The standard InChI is InChI=1S/C14H21NO2/c1-14(8-5-9-14)15-10-11-17-13-7-4-3-6-12(13)16-2/h3-4,6-7,15H,5,8-11H2,1-2H3. The molecule has 0 aromatic heterocycles. The van der Waals surface area contributed by atoms with Gasteiger partial charge in [0.1, 0.15) is 6.61 Å². The third-order valence-corrected chi connectivity index (χ3v) is 3.44. The van der Waals surface area contributed by atoms with Crippen molar-refractivity contribution in [3.8, 4) is 11.5 Å². The number of nitrogens with one attached hydrogen (secondary N) is 1. The Morgan fingerprint density at radius 1 is 1.24 bits per heavy atom. The molecule has 17 heavy (non-hydrogen) atoms. The van der Waals surface area contributed by atoms with Gasteiger partial charge in [0.15, 0.2) is 11.5 Å². The van der Waals surface area contributed by atoms with Crippen molar-refractivity contribution < 1.29 is 9.47 Å². The highest BCUT2D eigenvalue weighted by atomic mass is 16.5. The average Bonchev–Trinajstić information content (AvgIpc) is 2.33. The summed E-state index contributed by atoms with van der Waals surface area (Å²) >= 11 is 0. The Hall–Kier alpha value is -1.22. The van der Waals surface area contributed by atoms with Crippen LogP contribution in [0.15, 0.2) is 24.3 Å². The van der Waals surface area contributed by atoms with Crippen LogP contribution in [0, 0.1) is 0 Å². The van der Waals surface area contributed by atoms with Crippen molar-refractivity contribution in [1.82, 2.24) is 5.32 Å². The van der Waals surface area contributed by atoms with Crippen molar-refractivity contribution in [1.29, 1.82) is 0 Å². The number of para-hydroxylation sites is 2. The number of rotatable bonds is 6. The first kappa shape index (κ1) is 12.2. The first-order valence-electron chi connectivity index (χ1n) is 6.24. The van der Waals surface area contributed by atoms with Gasteiger partial charge in [0.2, 0.25) is 0 Å². The van der Waals surface area contributed by atoms with E-state index in [0.29, 0.717) is 12.1 Å². The molecular formula is C14H21NO2. The molecule has 0 spiro atoms. The lowest BCUT2D eigenvalue weighted by Crippen LogP contribution is -2.49. The van der Waals surface area contributed by atoms with E-state index in [1.54, 1.807) is 7.11 Å². The molecule has 94 valence electrons. The molecular weight excluding hydrogens is 214 g/mol. The van der Waals surface area contributed by atoms with Gasteiger partial charge >= 0.3 is 0 Å². The van der Waals surface area contributed by atoms with Gasteiger partial charge in [0.05, 0.1) is 7.11 Å². The van der Waals surface area contributed by atoms with Crippen LogP contribution in [0.2, 0.25) is 0 Å². The van der Waals surface area contributed by atoms with Crippen LogP contribution in [-0.2, 0) is 0 Å². The molecule has 1 saturated carbocycles. The first-order valence-corrected chi connectivity index (χ1v) is 6.24. The van der Waals surface area contributed by atoms with E-state index in [4.69, 9.17) is 9.47 Å². The van der Waals surface area contributed by atoms with Crippen LogP contribution in [0.25, 0.3) is 0 Å². The summed E-state index contributed by atoms with van der Waals surface area (Å²) < 4.78 is 10.9. The lowest BCUT2D eigenvalue weighted by molar-refractivity contribution is 0.190. The Morgan fingerprint density at radius 2 is 1.94 bits per heavy atom. The normalized spacial score (nSPS) is 17.3. The van der Waals surface area contributed by atoms with Crippen molar-refractivity contribution >= 4 is 0 Å². The van der Waals surface area contributed by atoms with Crippen LogP contribution in [-0.4, -0.2) is 25.8 Å². The van der Waals surface area contributed by atoms with Crippen molar-refractivity contribution in [2.75, 3.05) is 20.3 Å². The summed E-state index contributed by atoms with van der Waals surface area (Å²) in [6.07, 6.45) is 3.90. The molecule has 1 aliphatic rings. The predicted octanol–water partition coefficient (Wildman–Crippen LogP) is 2.61. The molecule has 3 nitrogen and oxygen atoms in total. The molecule has 1 fully saturated rings. The average molecular weight is 235 g/mol. The molecule has 0 amide bonds. The fourth-order valence-corrected chi connectivity index (χ4v) is 2.14. The summed E-state index contributed by atoms with van der Waals surface area (Å²) in [5, 5.41) is 3.54. The third-order valence-electron chi connectivity index (χ3n) is 3.44. The molecule has 3 heteroatoms. The summed E-state index contributed by atoms with van der Waals surface area (Å²) in [5.41, 5.74) is 0.351. The van der Waals surface area contributed by atoms with Gasteiger partial charge in [-0.25, -0.2) is 0 Å². The lowest BCUT2D eigenvalue weighted by Gasteiger charge is -2.39. The maximum absolute atomic E-state index is 5.70. The molecule has 0 heterocycles. The Balaban J connectivity index is 1.74. The molecule has 2 rings (SSSR count). The summed E-state index contributed by atoms with van der Waals surface area (Å²) in [4.78, 5) is 0. The molecule has 0 atom stereocenters.